The number of likely N-dealkylation sites (tertiary alicyclic amines) is 1. The Morgan fingerprint density at radius 1 is 1.11 bits per heavy atom. The standard InChI is InChI=1S/C15H28N2O/c1-11(2)12-5-4-9-17(10-8-12)15(18)13-6-3-7-14(13)16/h11-14H,3-10,16H2,1-2H3. The minimum absolute atomic E-state index is 0.112. The van der Waals surface area contributed by atoms with Crippen LogP contribution >= 0.6 is 0 Å². The van der Waals surface area contributed by atoms with Crippen molar-refractivity contribution in [2.75, 3.05) is 13.1 Å². The Morgan fingerprint density at radius 3 is 2.50 bits per heavy atom. The van der Waals surface area contributed by atoms with Crippen LogP contribution in [0.2, 0.25) is 0 Å². The number of carbonyl (C=O) groups is 1. The van der Waals surface area contributed by atoms with E-state index in [4.69, 9.17) is 5.73 Å². The van der Waals surface area contributed by atoms with Crippen molar-refractivity contribution >= 4 is 5.91 Å². The van der Waals surface area contributed by atoms with Crippen molar-refractivity contribution in [1.82, 2.24) is 4.90 Å². The fourth-order valence-corrected chi connectivity index (χ4v) is 3.54. The molecule has 0 aromatic rings. The van der Waals surface area contributed by atoms with E-state index in [0.717, 1.165) is 50.6 Å². The molecule has 2 fully saturated rings. The predicted molar refractivity (Wildman–Crippen MR) is 74.1 cm³/mol. The molecule has 18 heavy (non-hydrogen) atoms. The molecule has 3 heteroatoms. The van der Waals surface area contributed by atoms with E-state index in [2.05, 4.69) is 18.7 Å². The van der Waals surface area contributed by atoms with E-state index in [1.807, 2.05) is 0 Å². The molecule has 1 saturated carbocycles. The molecule has 2 aliphatic rings. The molecule has 1 amide bonds. The molecule has 1 aliphatic heterocycles. The molecule has 0 radical (unpaired) electrons. The molecule has 1 saturated heterocycles. The van der Waals surface area contributed by atoms with Gasteiger partial charge in [0.05, 0.1) is 5.92 Å². The number of hydrogen-bond donors (Lipinski definition) is 1. The Bertz CT molecular complexity index is 290. The van der Waals surface area contributed by atoms with Gasteiger partial charge in [-0.15, -0.1) is 0 Å². The highest BCUT2D eigenvalue weighted by Crippen LogP contribution is 2.29. The van der Waals surface area contributed by atoms with Gasteiger partial charge in [-0.05, 0) is 43.9 Å². The number of nitrogens with two attached hydrogens (primary N) is 1. The average Bonchev–Trinajstić information content (AvgIpc) is 2.63. The fourth-order valence-electron chi connectivity index (χ4n) is 3.54. The van der Waals surface area contributed by atoms with E-state index < -0.39 is 0 Å². The molecule has 3 unspecified atom stereocenters. The maximum Gasteiger partial charge on any atom is 0.227 e. The van der Waals surface area contributed by atoms with Crippen molar-refractivity contribution in [1.29, 1.82) is 0 Å². The maximum atomic E-state index is 12.5. The first-order valence-electron chi connectivity index (χ1n) is 7.64. The van der Waals surface area contributed by atoms with Gasteiger partial charge in [-0.3, -0.25) is 4.79 Å². The first kappa shape index (κ1) is 13.9. The average molecular weight is 252 g/mol. The Kier molecular flexibility index (Phi) is 4.66. The minimum Gasteiger partial charge on any atom is -0.342 e. The monoisotopic (exact) mass is 252 g/mol. The smallest absolute Gasteiger partial charge is 0.227 e. The molecule has 0 bridgehead atoms. The summed E-state index contributed by atoms with van der Waals surface area (Å²) >= 11 is 0. The molecule has 1 heterocycles. The van der Waals surface area contributed by atoms with Gasteiger partial charge in [0.15, 0.2) is 0 Å². The van der Waals surface area contributed by atoms with Crippen molar-refractivity contribution in [3.05, 3.63) is 0 Å². The molecule has 0 aromatic carbocycles. The van der Waals surface area contributed by atoms with Crippen LogP contribution in [0.4, 0.5) is 0 Å². The molecule has 2 rings (SSSR count). The molecule has 0 aromatic heterocycles. The van der Waals surface area contributed by atoms with Crippen molar-refractivity contribution in [2.45, 2.75) is 58.4 Å². The predicted octanol–water partition coefficient (Wildman–Crippen LogP) is 2.40. The first-order valence-corrected chi connectivity index (χ1v) is 7.64. The van der Waals surface area contributed by atoms with E-state index in [1.54, 1.807) is 0 Å². The van der Waals surface area contributed by atoms with Crippen molar-refractivity contribution < 1.29 is 4.79 Å². The van der Waals surface area contributed by atoms with Crippen molar-refractivity contribution in [3.8, 4) is 0 Å². The highest BCUT2D eigenvalue weighted by atomic mass is 16.2. The Morgan fingerprint density at radius 2 is 1.89 bits per heavy atom. The fraction of sp³-hybridized carbons (Fsp3) is 0.933. The molecule has 2 N–H and O–H groups in total. The minimum atomic E-state index is 0.112. The summed E-state index contributed by atoms with van der Waals surface area (Å²) < 4.78 is 0. The van der Waals surface area contributed by atoms with Crippen LogP contribution in [0, 0.1) is 17.8 Å². The van der Waals surface area contributed by atoms with Crippen LogP contribution in [0.15, 0.2) is 0 Å². The zero-order valence-electron chi connectivity index (χ0n) is 11.9. The van der Waals surface area contributed by atoms with Gasteiger partial charge in [0.1, 0.15) is 0 Å². The Labute approximate surface area is 111 Å². The van der Waals surface area contributed by atoms with E-state index >= 15 is 0 Å². The van der Waals surface area contributed by atoms with Crippen LogP contribution in [0.25, 0.3) is 0 Å². The third-order valence-electron chi connectivity index (χ3n) is 4.91. The summed E-state index contributed by atoms with van der Waals surface area (Å²) in [5.74, 6) is 1.99. The van der Waals surface area contributed by atoms with Gasteiger partial charge in [0.25, 0.3) is 0 Å². The largest absolute Gasteiger partial charge is 0.342 e. The van der Waals surface area contributed by atoms with Crippen LogP contribution in [0.3, 0.4) is 0 Å². The van der Waals surface area contributed by atoms with Crippen LogP contribution in [-0.4, -0.2) is 29.9 Å². The lowest BCUT2D eigenvalue weighted by Crippen LogP contribution is -2.42. The number of hydrogen-bond acceptors (Lipinski definition) is 2. The summed E-state index contributed by atoms with van der Waals surface area (Å²) in [6.45, 7) is 6.50. The molecular weight excluding hydrogens is 224 g/mol. The van der Waals surface area contributed by atoms with Crippen LogP contribution in [0.1, 0.15) is 52.4 Å². The lowest BCUT2D eigenvalue weighted by Gasteiger charge is -2.26. The highest BCUT2D eigenvalue weighted by molar-refractivity contribution is 5.80. The molecule has 1 aliphatic carbocycles. The quantitative estimate of drug-likeness (QED) is 0.820. The molecule has 3 nitrogen and oxygen atoms in total. The second-order valence-electron chi connectivity index (χ2n) is 6.46. The summed E-state index contributed by atoms with van der Waals surface area (Å²) in [5, 5.41) is 0. The normalized spacial score (nSPS) is 33.8. The lowest BCUT2D eigenvalue weighted by molar-refractivity contribution is -0.135. The number of amides is 1. The van der Waals surface area contributed by atoms with E-state index in [0.29, 0.717) is 5.91 Å². The zero-order valence-corrected chi connectivity index (χ0v) is 11.9. The SMILES string of the molecule is CC(C)C1CCCN(C(=O)C2CCCC2N)CC1. The third-order valence-corrected chi connectivity index (χ3v) is 4.91. The summed E-state index contributed by atoms with van der Waals surface area (Å²) in [4.78, 5) is 14.6. The topological polar surface area (TPSA) is 46.3 Å². The van der Waals surface area contributed by atoms with Crippen LogP contribution in [0.5, 0.6) is 0 Å². The van der Waals surface area contributed by atoms with E-state index in [1.165, 1.54) is 12.8 Å². The van der Waals surface area contributed by atoms with Crippen LogP contribution < -0.4 is 5.73 Å². The Hall–Kier alpha value is -0.570. The van der Waals surface area contributed by atoms with Gasteiger partial charge in [-0.1, -0.05) is 20.3 Å². The van der Waals surface area contributed by atoms with E-state index in [-0.39, 0.29) is 12.0 Å². The van der Waals surface area contributed by atoms with Gasteiger partial charge < -0.3 is 10.6 Å². The van der Waals surface area contributed by atoms with Gasteiger partial charge in [0.2, 0.25) is 5.91 Å². The van der Waals surface area contributed by atoms with Crippen LogP contribution in [-0.2, 0) is 4.79 Å². The Balaban J connectivity index is 1.91. The van der Waals surface area contributed by atoms with Gasteiger partial charge in [0, 0.05) is 19.1 Å². The second-order valence-corrected chi connectivity index (χ2v) is 6.46. The zero-order chi connectivity index (χ0) is 13.1. The number of nitrogens with zero attached hydrogens (tertiary/aromatic N) is 1. The summed E-state index contributed by atoms with van der Waals surface area (Å²) in [6.07, 6.45) is 6.77. The van der Waals surface area contributed by atoms with Gasteiger partial charge in [-0.2, -0.15) is 0 Å². The summed E-state index contributed by atoms with van der Waals surface area (Å²) in [6, 6.07) is 0.113. The van der Waals surface area contributed by atoms with E-state index in [9.17, 15) is 4.79 Å². The highest BCUT2D eigenvalue weighted by Gasteiger charge is 2.34. The molecular formula is C15H28N2O. The molecule has 3 atom stereocenters. The first-order chi connectivity index (χ1) is 8.59. The summed E-state index contributed by atoms with van der Waals surface area (Å²) in [5.41, 5.74) is 6.05. The molecule has 104 valence electrons. The lowest BCUT2D eigenvalue weighted by atomic mass is 9.89. The second kappa shape index (κ2) is 6.05. The van der Waals surface area contributed by atoms with Crippen molar-refractivity contribution in [2.24, 2.45) is 23.5 Å². The molecule has 0 spiro atoms. The maximum absolute atomic E-state index is 12.5. The number of rotatable bonds is 2. The van der Waals surface area contributed by atoms with Gasteiger partial charge >= 0.3 is 0 Å². The third kappa shape index (κ3) is 3.05. The number of carbonyl (C=O) groups excluding carboxylic acids is 1. The van der Waals surface area contributed by atoms with Gasteiger partial charge in [-0.25, -0.2) is 0 Å². The summed E-state index contributed by atoms with van der Waals surface area (Å²) in [7, 11) is 0. The van der Waals surface area contributed by atoms with Crippen molar-refractivity contribution in [3.63, 3.8) is 0 Å².